The van der Waals surface area contributed by atoms with Crippen LogP contribution in [0.5, 0.6) is 0 Å². The molecule has 0 heterocycles. The lowest BCUT2D eigenvalue weighted by atomic mass is 9.75. The molecule has 0 aromatic heterocycles. The van der Waals surface area contributed by atoms with Crippen molar-refractivity contribution in [2.45, 2.75) is 83.5 Å². The zero-order chi connectivity index (χ0) is 12.7. The third-order valence-electron chi connectivity index (χ3n) is 7.46. The highest BCUT2D eigenvalue weighted by atomic mass is 14.5. The fraction of sp³-hybridized carbons (Fsp3) is 1.00. The Morgan fingerprint density at radius 1 is 0.579 bits per heavy atom. The van der Waals surface area contributed by atoms with Crippen LogP contribution in [-0.2, 0) is 0 Å². The lowest BCUT2D eigenvalue weighted by Gasteiger charge is -2.30. The van der Waals surface area contributed by atoms with Gasteiger partial charge in [-0.1, -0.05) is 44.9 Å². The van der Waals surface area contributed by atoms with Gasteiger partial charge in [0.05, 0.1) is 0 Å². The first-order chi connectivity index (χ1) is 9.40. The highest BCUT2D eigenvalue weighted by Gasteiger charge is 2.41. The van der Waals surface area contributed by atoms with E-state index in [1.54, 1.807) is 83.5 Å². The van der Waals surface area contributed by atoms with Crippen LogP contribution in [-0.4, -0.2) is 0 Å². The summed E-state index contributed by atoms with van der Waals surface area (Å²) in [5.41, 5.74) is 0. The second-order valence-corrected chi connectivity index (χ2v) is 8.42. The summed E-state index contributed by atoms with van der Waals surface area (Å²) in [6.07, 6.45) is 20.6. The lowest BCUT2D eigenvalue weighted by molar-refractivity contribution is 0.202. The average molecular weight is 260 g/mol. The number of hydrogen-bond acceptors (Lipinski definition) is 0. The largest absolute Gasteiger partial charge is 0.0530 e. The van der Waals surface area contributed by atoms with Crippen LogP contribution in [0.2, 0.25) is 0 Å². The van der Waals surface area contributed by atoms with E-state index in [0.29, 0.717) is 0 Å². The van der Waals surface area contributed by atoms with Gasteiger partial charge in [0, 0.05) is 0 Å². The van der Waals surface area contributed by atoms with Crippen LogP contribution < -0.4 is 0 Å². The summed E-state index contributed by atoms with van der Waals surface area (Å²) in [4.78, 5) is 0. The zero-order valence-electron chi connectivity index (χ0n) is 12.7. The van der Waals surface area contributed by atoms with Gasteiger partial charge in [0.25, 0.3) is 0 Å². The summed E-state index contributed by atoms with van der Waals surface area (Å²) >= 11 is 0. The molecular weight excluding hydrogens is 228 g/mol. The maximum absolute atomic E-state index is 1.63. The van der Waals surface area contributed by atoms with E-state index in [1.165, 1.54) is 0 Å². The van der Waals surface area contributed by atoms with Crippen LogP contribution in [0.1, 0.15) is 83.5 Å². The Balaban J connectivity index is 1.34. The highest BCUT2D eigenvalue weighted by molar-refractivity contribution is 4.92. The normalized spacial score (nSPS) is 49.9. The van der Waals surface area contributed by atoms with Gasteiger partial charge in [0.15, 0.2) is 0 Å². The molecule has 0 bridgehead atoms. The summed E-state index contributed by atoms with van der Waals surface area (Å²) in [5, 5.41) is 0. The molecule has 0 N–H and O–H groups in total. The van der Waals surface area contributed by atoms with Gasteiger partial charge in [-0.15, -0.1) is 0 Å². The van der Waals surface area contributed by atoms with Crippen molar-refractivity contribution in [2.24, 2.45) is 35.5 Å². The first-order valence-electron chi connectivity index (χ1n) is 9.40. The molecule has 0 amide bonds. The van der Waals surface area contributed by atoms with Gasteiger partial charge in [-0.25, -0.2) is 0 Å². The Hall–Kier alpha value is 0. The van der Waals surface area contributed by atoms with Crippen molar-refractivity contribution >= 4 is 0 Å². The number of rotatable bonds is 2. The summed E-state index contributed by atoms with van der Waals surface area (Å²) in [7, 11) is 0. The molecule has 4 rings (SSSR count). The van der Waals surface area contributed by atoms with Gasteiger partial charge in [-0.05, 0) is 74.0 Å². The zero-order valence-corrected chi connectivity index (χ0v) is 12.7. The predicted octanol–water partition coefficient (Wildman–Crippen LogP) is 5.81. The predicted molar refractivity (Wildman–Crippen MR) is 81.0 cm³/mol. The molecule has 4 aliphatic carbocycles. The van der Waals surface area contributed by atoms with Crippen LogP contribution in [0.3, 0.4) is 0 Å². The monoisotopic (exact) mass is 260 g/mol. The molecule has 5 unspecified atom stereocenters. The van der Waals surface area contributed by atoms with Crippen molar-refractivity contribution in [3.05, 3.63) is 0 Å². The minimum atomic E-state index is 1.14. The molecule has 0 radical (unpaired) electrons. The van der Waals surface area contributed by atoms with Gasteiger partial charge >= 0.3 is 0 Å². The van der Waals surface area contributed by atoms with Crippen molar-refractivity contribution in [3.8, 4) is 0 Å². The molecule has 0 heteroatoms. The van der Waals surface area contributed by atoms with Crippen molar-refractivity contribution in [2.75, 3.05) is 0 Å². The standard InChI is InChI=1S/C19H32/c1-2-7-17-12-14(11-16(17)6-1)13-18-10-9-15-5-3-4-8-19(15)18/h14-19H,1-13H2. The lowest BCUT2D eigenvalue weighted by Crippen LogP contribution is -2.20. The maximum Gasteiger partial charge on any atom is -0.0357 e. The summed E-state index contributed by atoms with van der Waals surface area (Å²) in [6.45, 7) is 0. The van der Waals surface area contributed by atoms with Crippen molar-refractivity contribution < 1.29 is 0 Å². The van der Waals surface area contributed by atoms with Gasteiger partial charge in [-0.2, -0.15) is 0 Å². The maximum atomic E-state index is 1.63. The van der Waals surface area contributed by atoms with Crippen LogP contribution in [0.15, 0.2) is 0 Å². The minimum absolute atomic E-state index is 1.14. The van der Waals surface area contributed by atoms with Crippen LogP contribution in [0.4, 0.5) is 0 Å². The fourth-order valence-corrected chi connectivity index (χ4v) is 6.63. The highest BCUT2D eigenvalue weighted by Crippen LogP contribution is 2.52. The second-order valence-electron chi connectivity index (χ2n) is 8.42. The molecular formula is C19H32. The molecule has 0 aromatic carbocycles. The molecule has 4 saturated carbocycles. The van der Waals surface area contributed by atoms with E-state index in [9.17, 15) is 0 Å². The van der Waals surface area contributed by atoms with Gasteiger partial charge in [-0.3, -0.25) is 0 Å². The molecule has 0 spiro atoms. The second kappa shape index (κ2) is 5.41. The Morgan fingerprint density at radius 3 is 1.95 bits per heavy atom. The third kappa shape index (κ3) is 2.49. The summed E-state index contributed by atoms with van der Waals surface area (Å²) < 4.78 is 0. The number of fused-ring (bicyclic) bond motifs is 2. The van der Waals surface area contributed by atoms with E-state index in [4.69, 9.17) is 0 Å². The van der Waals surface area contributed by atoms with Crippen molar-refractivity contribution in [1.29, 1.82) is 0 Å². The first-order valence-corrected chi connectivity index (χ1v) is 9.40. The van der Waals surface area contributed by atoms with Crippen molar-refractivity contribution in [3.63, 3.8) is 0 Å². The molecule has 0 nitrogen and oxygen atoms in total. The Labute approximate surface area is 119 Å². The van der Waals surface area contributed by atoms with Gasteiger partial charge in [0.1, 0.15) is 0 Å². The van der Waals surface area contributed by atoms with Crippen LogP contribution in [0, 0.1) is 35.5 Å². The molecule has 4 fully saturated rings. The average Bonchev–Trinajstić information content (AvgIpc) is 3.03. The summed E-state index contributed by atoms with van der Waals surface area (Å²) in [6, 6.07) is 0. The smallest absolute Gasteiger partial charge is 0.0357 e. The summed E-state index contributed by atoms with van der Waals surface area (Å²) in [5.74, 6) is 6.91. The van der Waals surface area contributed by atoms with Crippen LogP contribution in [0.25, 0.3) is 0 Å². The van der Waals surface area contributed by atoms with E-state index in [2.05, 4.69) is 0 Å². The Kier molecular flexibility index (Phi) is 3.62. The first kappa shape index (κ1) is 12.7. The van der Waals surface area contributed by atoms with E-state index < -0.39 is 0 Å². The molecule has 0 aliphatic heterocycles. The molecule has 108 valence electrons. The van der Waals surface area contributed by atoms with Gasteiger partial charge < -0.3 is 0 Å². The van der Waals surface area contributed by atoms with Crippen molar-refractivity contribution in [1.82, 2.24) is 0 Å². The quantitative estimate of drug-likeness (QED) is 0.588. The topological polar surface area (TPSA) is 0 Å². The van der Waals surface area contributed by atoms with E-state index in [0.717, 1.165) is 35.5 Å². The Bertz CT molecular complexity index is 293. The molecule has 0 saturated heterocycles. The van der Waals surface area contributed by atoms with E-state index in [1.807, 2.05) is 0 Å². The molecule has 0 aromatic rings. The number of hydrogen-bond donors (Lipinski definition) is 0. The SMILES string of the molecule is C1CCC2CC(CC3CCC4CCCCC43)CC2C1. The molecule has 4 aliphatic rings. The Morgan fingerprint density at radius 2 is 1.21 bits per heavy atom. The van der Waals surface area contributed by atoms with E-state index in [-0.39, 0.29) is 0 Å². The molecule has 5 atom stereocenters. The molecule has 19 heavy (non-hydrogen) atoms. The fourth-order valence-electron chi connectivity index (χ4n) is 6.63. The van der Waals surface area contributed by atoms with Crippen LogP contribution >= 0.6 is 0 Å². The third-order valence-corrected chi connectivity index (χ3v) is 7.46. The minimum Gasteiger partial charge on any atom is -0.0530 e. The van der Waals surface area contributed by atoms with E-state index >= 15 is 0 Å². The van der Waals surface area contributed by atoms with Gasteiger partial charge in [0.2, 0.25) is 0 Å².